The highest BCUT2D eigenvalue weighted by atomic mass is 16.5. The molecule has 2 aromatic carbocycles. The van der Waals surface area contributed by atoms with E-state index in [9.17, 15) is 5.11 Å². The lowest BCUT2D eigenvalue weighted by molar-refractivity contribution is 0.275. The first-order valence-electron chi connectivity index (χ1n) is 6.18. The Morgan fingerprint density at radius 3 is 2.33 bits per heavy atom. The summed E-state index contributed by atoms with van der Waals surface area (Å²) in [5, 5.41) is 11.8. The summed E-state index contributed by atoms with van der Waals surface area (Å²) in [6.07, 6.45) is 0. The fraction of sp³-hybridized carbons (Fsp3) is 0.375. The maximum Gasteiger partial charge on any atom is 0.125 e. The van der Waals surface area contributed by atoms with Crippen molar-refractivity contribution in [2.45, 2.75) is 32.8 Å². The zero-order valence-corrected chi connectivity index (χ0v) is 11.4. The van der Waals surface area contributed by atoms with E-state index >= 15 is 0 Å². The van der Waals surface area contributed by atoms with E-state index in [2.05, 4.69) is 39.0 Å². The quantitative estimate of drug-likeness (QED) is 0.874. The maximum absolute atomic E-state index is 9.56. The highest BCUT2D eigenvalue weighted by Gasteiger charge is 2.15. The number of aliphatic hydroxyl groups is 1. The average molecular weight is 244 g/mol. The third-order valence-electron chi connectivity index (χ3n) is 3.33. The van der Waals surface area contributed by atoms with Gasteiger partial charge in [0.1, 0.15) is 5.75 Å². The molecule has 0 radical (unpaired) electrons. The molecule has 0 aliphatic heterocycles. The summed E-state index contributed by atoms with van der Waals surface area (Å²) >= 11 is 0. The van der Waals surface area contributed by atoms with Crippen LogP contribution in [0.1, 0.15) is 31.9 Å². The number of methoxy groups -OCH3 is 1. The van der Waals surface area contributed by atoms with Crippen molar-refractivity contribution in [3.8, 4) is 5.75 Å². The van der Waals surface area contributed by atoms with Crippen LogP contribution in [0.4, 0.5) is 0 Å². The molecule has 96 valence electrons. The van der Waals surface area contributed by atoms with Gasteiger partial charge in [0.2, 0.25) is 0 Å². The van der Waals surface area contributed by atoms with Crippen LogP contribution in [0.3, 0.4) is 0 Å². The molecular formula is C16H20O2. The van der Waals surface area contributed by atoms with Crippen LogP contribution in [0.15, 0.2) is 30.3 Å². The van der Waals surface area contributed by atoms with Crippen LogP contribution in [-0.2, 0) is 12.0 Å². The second-order valence-electron chi connectivity index (χ2n) is 5.59. The van der Waals surface area contributed by atoms with Crippen molar-refractivity contribution in [2.75, 3.05) is 7.11 Å². The normalized spacial score (nSPS) is 11.8. The summed E-state index contributed by atoms with van der Waals surface area (Å²) in [5.41, 5.74) is 2.23. The summed E-state index contributed by atoms with van der Waals surface area (Å²) in [6, 6.07) is 10.3. The molecule has 0 amide bonds. The van der Waals surface area contributed by atoms with Crippen molar-refractivity contribution in [1.82, 2.24) is 0 Å². The van der Waals surface area contributed by atoms with Crippen molar-refractivity contribution in [1.29, 1.82) is 0 Å². The van der Waals surface area contributed by atoms with Gasteiger partial charge in [0.05, 0.1) is 13.7 Å². The largest absolute Gasteiger partial charge is 0.496 e. The van der Waals surface area contributed by atoms with Crippen LogP contribution in [0.5, 0.6) is 5.75 Å². The molecule has 0 atom stereocenters. The molecule has 0 bridgehead atoms. The third-order valence-corrected chi connectivity index (χ3v) is 3.33. The van der Waals surface area contributed by atoms with E-state index in [0.717, 1.165) is 22.1 Å². The Labute approximate surface area is 108 Å². The molecular weight excluding hydrogens is 224 g/mol. The lowest BCUT2D eigenvalue weighted by atomic mass is 9.85. The molecule has 0 heterocycles. The molecule has 0 spiro atoms. The van der Waals surface area contributed by atoms with Gasteiger partial charge < -0.3 is 9.84 Å². The van der Waals surface area contributed by atoms with Crippen LogP contribution < -0.4 is 4.74 Å². The second kappa shape index (κ2) is 4.62. The fourth-order valence-corrected chi connectivity index (χ4v) is 2.18. The fourth-order valence-electron chi connectivity index (χ4n) is 2.18. The van der Waals surface area contributed by atoms with Crippen LogP contribution in [0.25, 0.3) is 10.8 Å². The summed E-state index contributed by atoms with van der Waals surface area (Å²) < 4.78 is 5.31. The predicted octanol–water partition coefficient (Wildman–Crippen LogP) is 3.64. The van der Waals surface area contributed by atoms with Gasteiger partial charge in [0, 0.05) is 5.56 Å². The number of fused-ring (bicyclic) bond motifs is 1. The molecule has 18 heavy (non-hydrogen) atoms. The average Bonchev–Trinajstić information content (AvgIpc) is 2.35. The topological polar surface area (TPSA) is 29.5 Å². The minimum Gasteiger partial charge on any atom is -0.496 e. The molecule has 2 aromatic rings. The van der Waals surface area contributed by atoms with Crippen LogP contribution in [0, 0.1) is 0 Å². The standard InChI is InChI=1S/C16H20O2/c1-16(2,3)12-7-5-11-6-8-15(18-4)14(10-17)13(11)9-12/h5-9,17H,10H2,1-4H3. The Morgan fingerprint density at radius 1 is 1.11 bits per heavy atom. The monoisotopic (exact) mass is 244 g/mol. The van der Waals surface area contributed by atoms with Crippen molar-refractivity contribution < 1.29 is 9.84 Å². The number of hydrogen-bond donors (Lipinski definition) is 1. The van der Waals surface area contributed by atoms with Gasteiger partial charge in [-0.1, -0.05) is 45.0 Å². The Kier molecular flexibility index (Phi) is 3.31. The van der Waals surface area contributed by atoms with Gasteiger partial charge in [-0.2, -0.15) is 0 Å². The van der Waals surface area contributed by atoms with E-state index in [4.69, 9.17) is 4.74 Å². The molecule has 0 aliphatic carbocycles. The Bertz CT molecular complexity index is 565. The molecule has 2 heteroatoms. The summed E-state index contributed by atoms with van der Waals surface area (Å²) in [4.78, 5) is 0. The summed E-state index contributed by atoms with van der Waals surface area (Å²) in [7, 11) is 1.63. The lowest BCUT2D eigenvalue weighted by Gasteiger charge is -2.20. The molecule has 0 unspecified atom stereocenters. The number of ether oxygens (including phenoxy) is 1. The minimum absolute atomic E-state index is 0.00584. The van der Waals surface area contributed by atoms with Gasteiger partial charge in [0.25, 0.3) is 0 Å². The van der Waals surface area contributed by atoms with E-state index in [0.29, 0.717) is 0 Å². The van der Waals surface area contributed by atoms with Gasteiger partial charge in [-0.05, 0) is 27.8 Å². The van der Waals surface area contributed by atoms with Crippen molar-refractivity contribution in [2.24, 2.45) is 0 Å². The van der Waals surface area contributed by atoms with Crippen LogP contribution in [0.2, 0.25) is 0 Å². The van der Waals surface area contributed by atoms with Gasteiger partial charge in [-0.15, -0.1) is 0 Å². The van der Waals surface area contributed by atoms with E-state index in [1.807, 2.05) is 12.1 Å². The van der Waals surface area contributed by atoms with Gasteiger partial charge >= 0.3 is 0 Å². The van der Waals surface area contributed by atoms with E-state index in [-0.39, 0.29) is 12.0 Å². The van der Waals surface area contributed by atoms with Gasteiger partial charge in [0.15, 0.2) is 0 Å². The predicted molar refractivity (Wildman–Crippen MR) is 75.1 cm³/mol. The maximum atomic E-state index is 9.56. The van der Waals surface area contributed by atoms with E-state index in [1.165, 1.54) is 5.56 Å². The zero-order valence-electron chi connectivity index (χ0n) is 11.4. The van der Waals surface area contributed by atoms with Crippen LogP contribution >= 0.6 is 0 Å². The number of benzene rings is 2. The molecule has 0 fully saturated rings. The van der Waals surface area contributed by atoms with E-state index in [1.54, 1.807) is 7.11 Å². The van der Waals surface area contributed by atoms with Gasteiger partial charge in [-0.3, -0.25) is 0 Å². The first-order chi connectivity index (χ1) is 8.47. The lowest BCUT2D eigenvalue weighted by Crippen LogP contribution is -2.10. The Balaban J connectivity index is 2.73. The molecule has 0 aliphatic rings. The zero-order chi connectivity index (χ0) is 13.3. The smallest absolute Gasteiger partial charge is 0.125 e. The first-order valence-corrected chi connectivity index (χ1v) is 6.18. The van der Waals surface area contributed by atoms with Gasteiger partial charge in [-0.25, -0.2) is 0 Å². The Hall–Kier alpha value is -1.54. The molecule has 1 N–H and O–H groups in total. The van der Waals surface area contributed by atoms with Crippen molar-refractivity contribution in [3.05, 3.63) is 41.5 Å². The number of aliphatic hydroxyl groups excluding tert-OH is 1. The number of rotatable bonds is 2. The minimum atomic E-state index is -0.00584. The SMILES string of the molecule is COc1ccc2ccc(C(C)(C)C)cc2c1CO. The molecule has 0 aromatic heterocycles. The highest BCUT2D eigenvalue weighted by molar-refractivity contribution is 5.88. The molecule has 0 saturated heterocycles. The molecule has 2 rings (SSSR count). The summed E-state index contributed by atoms with van der Waals surface area (Å²) in [6.45, 7) is 6.56. The van der Waals surface area contributed by atoms with Crippen LogP contribution in [-0.4, -0.2) is 12.2 Å². The number of hydrogen-bond acceptors (Lipinski definition) is 2. The Morgan fingerprint density at radius 2 is 1.78 bits per heavy atom. The van der Waals surface area contributed by atoms with Crippen molar-refractivity contribution >= 4 is 10.8 Å². The first kappa shape index (κ1) is 12.9. The summed E-state index contributed by atoms with van der Waals surface area (Å²) in [5.74, 6) is 0.746. The molecule has 0 saturated carbocycles. The van der Waals surface area contributed by atoms with Crippen molar-refractivity contribution in [3.63, 3.8) is 0 Å². The highest BCUT2D eigenvalue weighted by Crippen LogP contribution is 2.32. The van der Waals surface area contributed by atoms with E-state index < -0.39 is 0 Å². The molecule has 2 nitrogen and oxygen atoms in total. The second-order valence-corrected chi connectivity index (χ2v) is 5.59. The third kappa shape index (κ3) is 2.21.